The lowest BCUT2D eigenvalue weighted by atomic mass is 10.1. The van der Waals surface area contributed by atoms with Gasteiger partial charge in [0.2, 0.25) is 11.8 Å². The summed E-state index contributed by atoms with van der Waals surface area (Å²) in [5.41, 5.74) is 10.9. The van der Waals surface area contributed by atoms with Crippen LogP contribution in [-0.4, -0.2) is 36.9 Å². The predicted octanol–water partition coefficient (Wildman–Crippen LogP) is 10.3. The van der Waals surface area contributed by atoms with E-state index in [1.807, 2.05) is 0 Å². The highest BCUT2D eigenvalue weighted by Crippen LogP contribution is 2.12. The van der Waals surface area contributed by atoms with Crippen molar-refractivity contribution in [3.05, 3.63) is 24.3 Å². The van der Waals surface area contributed by atoms with E-state index >= 15 is 0 Å². The highest BCUT2D eigenvalue weighted by molar-refractivity contribution is 5.87. The second kappa shape index (κ2) is 37.5. The minimum Gasteiger partial charge on any atom is -0.370 e. The Labute approximate surface area is 297 Å². The van der Waals surface area contributed by atoms with Crippen LogP contribution in [0.25, 0.3) is 0 Å². The number of amides is 2. The summed E-state index contributed by atoms with van der Waals surface area (Å²) < 4.78 is 0. The number of rotatable bonds is 36. The molecule has 1 atom stereocenters. The van der Waals surface area contributed by atoms with E-state index in [0.29, 0.717) is 25.9 Å². The number of nitrogens with one attached hydrogen (secondary N) is 2. The quantitative estimate of drug-likeness (QED) is 0.0229. The Bertz CT molecular complexity index is 807. The molecule has 7 nitrogen and oxygen atoms in total. The summed E-state index contributed by atoms with van der Waals surface area (Å²) in [4.78, 5) is 29.5. The number of nitrogens with two attached hydrogens (primary N) is 2. The zero-order chi connectivity index (χ0) is 35.2. The molecule has 1 unspecified atom stereocenters. The number of unbranched alkanes of at least 4 members (excludes halogenated alkanes) is 23. The zero-order valence-corrected chi connectivity index (χ0v) is 31.7. The van der Waals surface area contributed by atoms with Gasteiger partial charge in [-0.25, -0.2) is 0 Å². The summed E-state index contributed by atoms with van der Waals surface area (Å²) in [5, 5.41) is 5.95. The number of aliphatic imine (C=N–C) groups is 1. The van der Waals surface area contributed by atoms with Gasteiger partial charge in [0.1, 0.15) is 6.04 Å². The maximum atomic E-state index is 12.9. The molecule has 2 amide bonds. The molecule has 0 saturated carbocycles. The Balaban J connectivity index is 3.97. The van der Waals surface area contributed by atoms with Gasteiger partial charge in [0.05, 0.1) is 0 Å². The van der Waals surface area contributed by atoms with Crippen LogP contribution in [0.15, 0.2) is 29.3 Å². The van der Waals surface area contributed by atoms with E-state index in [-0.39, 0.29) is 17.8 Å². The molecular weight excluding hydrogens is 594 g/mol. The first-order valence-corrected chi connectivity index (χ1v) is 20.4. The largest absolute Gasteiger partial charge is 0.370 e. The standard InChI is InChI=1S/C41H79N5O2/c1-3-5-7-9-11-13-15-17-19-21-23-25-27-29-31-33-36-44-40(48)38(35-37-45-41(42)43)46-39(47)34-32-30-28-26-24-22-20-18-16-14-12-10-8-6-4-2/h18-21,38H,3-17,22-37H2,1-2H3,(H,44,48)(H,46,47)(H4,42,43,45). The van der Waals surface area contributed by atoms with E-state index in [1.54, 1.807) is 0 Å². The maximum absolute atomic E-state index is 12.9. The highest BCUT2D eigenvalue weighted by Gasteiger charge is 2.20. The molecule has 0 aliphatic rings. The fourth-order valence-corrected chi connectivity index (χ4v) is 5.92. The van der Waals surface area contributed by atoms with Crippen molar-refractivity contribution in [2.24, 2.45) is 16.5 Å². The van der Waals surface area contributed by atoms with Gasteiger partial charge in [0.25, 0.3) is 0 Å². The summed E-state index contributed by atoms with van der Waals surface area (Å²) in [5.74, 6) is -0.226. The van der Waals surface area contributed by atoms with Gasteiger partial charge in [-0.1, -0.05) is 147 Å². The van der Waals surface area contributed by atoms with Crippen LogP contribution < -0.4 is 22.1 Å². The topological polar surface area (TPSA) is 123 Å². The normalized spacial score (nSPS) is 12.1. The minimum atomic E-state index is -0.614. The molecule has 0 aliphatic heterocycles. The number of hydrogen-bond donors (Lipinski definition) is 4. The van der Waals surface area contributed by atoms with Crippen LogP contribution in [0, 0.1) is 0 Å². The van der Waals surface area contributed by atoms with Crippen molar-refractivity contribution in [2.45, 2.75) is 206 Å². The third-order valence-electron chi connectivity index (χ3n) is 9.02. The molecular formula is C41H79N5O2. The fourth-order valence-electron chi connectivity index (χ4n) is 5.92. The Hall–Kier alpha value is -2.31. The lowest BCUT2D eigenvalue weighted by molar-refractivity contribution is -0.129. The van der Waals surface area contributed by atoms with E-state index < -0.39 is 6.04 Å². The molecule has 0 fully saturated rings. The van der Waals surface area contributed by atoms with Crippen LogP contribution in [0.2, 0.25) is 0 Å². The average molecular weight is 674 g/mol. The van der Waals surface area contributed by atoms with E-state index in [9.17, 15) is 9.59 Å². The van der Waals surface area contributed by atoms with Gasteiger partial charge in [0.15, 0.2) is 5.96 Å². The average Bonchev–Trinajstić information content (AvgIpc) is 3.07. The monoisotopic (exact) mass is 674 g/mol. The van der Waals surface area contributed by atoms with Crippen molar-refractivity contribution >= 4 is 17.8 Å². The summed E-state index contributed by atoms with van der Waals surface area (Å²) in [6, 6.07) is -0.614. The highest BCUT2D eigenvalue weighted by atomic mass is 16.2. The molecule has 0 aromatic heterocycles. The predicted molar refractivity (Wildman–Crippen MR) is 209 cm³/mol. The molecule has 0 aliphatic carbocycles. The van der Waals surface area contributed by atoms with Gasteiger partial charge < -0.3 is 22.1 Å². The van der Waals surface area contributed by atoms with Crippen molar-refractivity contribution in [3.63, 3.8) is 0 Å². The summed E-state index contributed by atoms with van der Waals surface area (Å²) in [7, 11) is 0. The van der Waals surface area contributed by atoms with Crippen LogP contribution >= 0.6 is 0 Å². The van der Waals surface area contributed by atoms with Gasteiger partial charge in [-0.2, -0.15) is 0 Å². The molecule has 7 heteroatoms. The Morgan fingerprint density at radius 1 is 0.562 bits per heavy atom. The van der Waals surface area contributed by atoms with E-state index in [1.165, 1.54) is 135 Å². The number of carbonyl (C=O) groups is 2. The van der Waals surface area contributed by atoms with Gasteiger partial charge in [0, 0.05) is 19.5 Å². The van der Waals surface area contributed by atoms with E-state index in [0.717, 1.165) is 38.5 Å². The molecule has 0 radical (unpaired) electrons. The molecule has 48 heavy (non-hydrogen) atoms. The van der Waals surface area contributed by atoms with Crippen molar-refractivity contribution < 1.29 is 9.59 Å². The van der Waals surface area contributed by atoms with Gasteiger partial charge in [-0.3, -0.25) is 14.6 Å². The zero-order valence-electron chi connectivity index (χ0n) is 31.7. The van der Waals surface area contributed by atoms with Gasteiger partial charge in [-0.15, -0.1) is 0 Å². The second-order valence-corrected chi connectivity index (χ2v) is 13.8. The van der Waals surface area contributed by atoms with Crippen LogP contribution in [-0.2, 0) is 9.59 Å². The third kappa shape index (κ3) is 35.0. The summed E-state index contributed by atoms with van der Waals surface area (Å²) >= 11 is 0. The van der Waals surface area contributed by atoms with Crippen molar-refractivity contribution in [3.8, 4) is 0 Å². The van der Waals surface area contributed by atoms with Crippen LogP contribution in [0.5, 0.6) is 0 Å². The van der Waals surface area contributed by atoms with E-state index in [2.05, 4.69) is 53.8 Å². The third-order valence-corrected chi connectivity index (χ3v) is 9.02. The molecule has 0 heterocycles. The molecule has 0 rings (SSSR count). The smallest absolute Gasteiger partial charge is 0.242 e. The number of carbonyl (C=O) groups excluding carboxylic acids is 2. The van der Waals surface area contributed by atoms with Crippen LogP contribution in [0.1, 0.15) is 200 Å². The lowest BCUT2D eigenvalue weighted by Gasteiger charge is -2.18. The Kier molecular flexibility index (Phi) is 35.7. The summed E-state index contributed by atoms with van der Waals surface area (Å²) in [6.07, 6.45) is 43.8. The Morgan fingerprint density at radius 3 is 1.40 bits per heavy atom. The van der Waals surface area contributed by atoms with Crippen LogP contribution in [0.3, 0.4) is 0 Å². The molecule has 0 bridgehead atoms. The summed E-state index contributed by atoms with van der Waals surface area (Å²) in [6.45, 7) is 5.46. The fraction of sp³-hybridized carbons (Fsp3) is 0.829. The van der Waals surface area contributed by atoms with Crippen LogP contribution in [0.4, 0.5) is 0 Å². The Morgan fingerprint density at radius 2 is 0.958 bits per heavy atom. The molecule has 0 aromatic carbocycles. The first-order chi connectivity index (χ1) is 23.5. The van der Waals surface area contributed by atoms with Crippen molar-refractivity contribution in [2.75, 3.05) is 13.1 Å². The minimum absolute atomic E-state index is 0.00237. The van der Waals surface area contributed by atoms with E-state index in [4.69, 9.17) is 11.5 Å². The second-order valence-electron chi connectivity index (χ2n) is 13.8. The first kappa shape index (κ1) is 45.7. The molecule has 280 valence electrons. The van der Waals surface area contributed by atoms with Gasteiger partial charge in [-0.05, 0) is 70.6 Å². The molecule has 6 N–H and O–H groups in total. The molecule has 0 saturated heterocycles. The number of hydrogen-bond acceptors (Lipinski definition) is 3. The van der Waals surface area contributed by atoms with Gasteiger partial charge >= 0.3 is 0 Å². The van der Waals surface area contributed by atoms with Crippen molar-refractivity contribution in [1.29, 1.82) is 0 Å². The number of allylic oxidation sites excluding steroid dienone is 4. The van der Waals surface area contributed by atoms with Crippen molar-refractivity contribution in [1.82, 2.24) is 10.6 Å². The SMILES string of the molecule is CCCCCCCCC=CCCCCCCCC(=O)NC(CCN=C(N)N)C(=O)NCCCCCCCC=CCCCCCCCCC. The first-order valence-electron chi connectivity index (χ1n) is 20.4. The molecule has 0 spiro atoms. The number of guanidine groups is 1. The number of nitrogens with zero attached hydrogens (tertiary/aromatic N) is 1. The molecule has 0 aromatic rings. The maximum Gasteiger partial charge on any atom is 0.242 e. The lowest BCUT2D eigenvalue weighted by Crippen LogP contribution is -2.47.